The van der Waals surface area contributed by atoms with Crippen molar-refractivity contribution >= 4 is 12.1 Å². The predicted molar refractivity (Wildman–Crippen MR) is 38.8 cm³/mol. The van der Waals surface area contributed by atoms with E-state index < -0.39 is 0 Å². The molecule has 0 heterocycles. The third-order valence-electron chi connectivity index (χ3n) is 1.21. The van der Waals surface area contributed by atoms with Crippen molar-refractivity contribution in [1.29, 1.82) is 0 Å². The van der Waals surface area contributed by atoms with Gasteiger partial charge in [-0.1, -0.05) is 0 Å². The van der Waals surface area contributed by atoms with Gasteiger partial charge in [0, 0.05) is 18.9 Å². The van der Waals surface area contributed by atoms with E-state index in [9.17, 15) is 9.59 Å². The third kappa shape index (κ3) is 4.21. The molecular weight excluding hydrogens is 130 g/mol. The van der Waals surface area contributed by atoms with Crippen LogP contribution in [0.15, 0.2) is 0 Å². The molecule has 0 bridgehead atoms. The summed E-state index contributed by atoms with van der Waals surface area (Å²) in [7, 11) is 1.76. The Kier molecular flexibility index (Phi) is 4.76. The van der Waals surface area contributed by atoms with Crippen molar-refractivity contribution in [3.63, 3.8) is 0 Å². The van der Waals surface area contributed by atoms with Crippen LogP contribution in [0.25, 0.3) is 0 Å². The Balaban J connectivity index is 3.59. The van der Waals surface area contributed by atoms with Crippen molar-refractivity contribution < 1.29 is 9.59 Å². The van der Waals surface area contributed by atoms with Gasteiger partial charge in [-0.25, -0.2) is 0 Å². The lowest BCUT2D eigenvalue weighted by Crippen LogP contribution is -2.21. The van der Waals surface area contributed by atoms with E-state index in [4.69, 9.17) is 0 Å². The molecule has 0 aliphatic heterocycles. The number of Topliss-reactive ketones (excluding diaryl/α,β-unsaturated/α-hetero) is 1. The highest BCUT2D eigenvalue weighted by atomic mass is 16.1. The molecule has 3 nitrogen and oxygen atoms in total. The zero-order valence-electron chi connectivity index (χ0n) is 6.39. The maximum Gasteiger partial charge on any atom is 0.130 e. The van der Waals surface area contributed by atoms with Crippen LogP contribution in [0, 0.1) is 5.92 Å². The largest absolute Gasteiger partial charge is 0.319 e. The molecule has 0 spiro atoms. The van der Waals surface area contributed by atoms with E-state index in [2.05, 4.69) is 5.32 Å². The van der Waals surface area contributed by atoms with E-state index >= 15 is 0 Å². The average molecular weight is 143 g/mol. The summed E-state index contributed by atoms with van der Waals surface area (Å²) in [6.45, 7) is 2.08. The molecule has 0 aromatic carbocycles. The van der Waals surface area contributed by atoms with Crippen LogP contribution in [-0.2, 0) is 9.59 Å². The van der Waals surface area contributed by atoms with E-state index in [0.717, 1.165) is 6.29 Å². The average Bonchev–Trinajstić information content (AvgIpc) is 1.86. The topological polar surface area (TPSA) is 46.2 Å². The lowest BCUT2D eigenvalue weighted by Gasteiger charge is -2.04. The van der Waals surface area contributed by atoms with Gasteiger partial charge in [0.1, 0.15) is 12.1 Å². The number of aldehydes is 1. The van der Waals surface area contributed by atoms with Gasteiger partial charge in [0.15, 0.2) is 0 Å². The predicted octanol–water partition coefficient (Wildman–Crippen LogP) is 0. The quantitative estimate of drug-likeness (QED) is 0.551. The summed E-state index contributed by atoms with van der Waals surface area (Å²) in [6, 6.07) is 0. The normalized spacial score (nSPS) is 12.6. The number of carbonyl (C=O) groups is 2. The first-order valence-corrected chi connectivity index (χ1v) is 3.30. The minimum Gasteiger partial charge on any atom is -0.319 e. The van der Waals surface area contributed by atoms with Crippen LogP contribution in [-0.4, -0.2) is 25.7 Å². The van der Waals surface area contributed by atoms with E-state index in [0.29, 0.717) is 13.0 Å². The molecule has 0 unspecified atom stereocenters. The first-order valence-electron chi connectivity index (χ1n) is 3.30. The molecule has 3 heteroatoms. The van der Waals surface area contributed by atoms with Crippen molar-refractivity contribution in [1.82, 2.24) is 5.32 Å². The second-order valence-corrected chi connectivity index (χ2v) is 2.36. The summed E-state index contributed by atoms with van der Waals surface area (Å²) in [5.74, 6) is -0.0881. The maximum absolute atomic E-state index is 10.5. The molecule has 0 aliphatic rings. The van der Waals surface area contributed by atoms with Crippen molar-refractivity contribution in [3.05, 3.63) is 0 Å². The molecule has 0 aromatic heterocycles. The Bertz CT molecular complexity index is 123. The second kappa shape index (κ2) is 5.11. The van der Waals surface area contributed by atoms with Crippen molar-refractivity contribution in [3.8, 4) is 0 Å². The van der Waals surface area contributed by atoms with Crippen molar-refractivity contribution in [2.45, 2.75) is 13.3 Å². The van der Waals surface area contributed by atoms with Crippen LogP contribution >= 0.6 is 0 Å². The fraction of sp³-hybridized carbons (Fsp3) is 0.714. The van der Waals surface area contributed by atoms with Gasteiger partial charge in [-0.3, -0.25) is 0 Å². The highest BCUT2D eigenvalue weighted by molar-refractivity contribution is 5.78. The van der Waals surface area contributed by atoms with Gasteiger partial charge in [0.05, 0.1) is 0 Å². The Morgan fingerprint density at radius 3 is 2.60 bits per heavy atom. The van der Waals surface area contributed by atoms with Crippen LogP contribution in [0.2, 0.25) is 0 Å². The number of nitrogens with one attached hydrogen (secondary N) is 1. The summed E-state index contributed by atoms with van der Waals surface area (Å²) in [5, 5.41) is 2.84. The lowest BCUT2D eigenvalue weighted by molar-refractivity contribution is -0.121. The van der Waals surface area contributed by atoms with Gasteiger partial charge in [0.25, 0.3) is 0 Å². The standard InChI is InChI=1S/C7H13NO2/c1-6(10)3-7(5-9)4-8-2/h5,7-8H,3-4H2,1-2H3/t7-/m0/s1. The number of rotatable bonds is 5. The zero-order chi connectivity index (χ0) is 7.98. The van der Waals surface area contributed by atoms with Crippen molar-refractivity contribution in [2.24, 2.45) is 5.92 Å². The number of hydrogen-bond donors (Lipinski definition) is 1. The Morgan fingerprint density at radius 1 is 1.70 bits per heavy atom. The fourth-order valence-electron chi connectivity index (χ4n) is 0.800. The molecule has 1 atom stereocenters. The van der Waals surface area contributed by atoms with Crippen LogP contribution in [0.4, 0.5) is 0 Å². The lowest BCUT2D eigenvalue weighted by atomic mass is 10.1. The van der Waals surface area contributed by atoms with Crippen LogP contribution in [0.3, 0.4) is 0 Å². The highest BCUT2D eigenvalue weighted by Gasteiger charge is 2.07. The van der Waals surface area contributed by atoms with Crippen LogP contribution < -0.4 is 5.32 Å². The molecule has 0 saturated carbocycles. The molecule has 0 rings (SSSR count). The monoisotopic (exact) mass is 143 g/mol. The molecule has 0 amide bonds. The van der Waals surface area contributed by atoms with Crippen LogP contribution in [0.5, 0.6) is 0 Å². The fourth-order valence-corrected chi connectivity index (χ4v) is 0.800. The smallest absolute Gasteiger partial charge is 0.130 e. The molecule has 0 radical (unpaired) electrons. The molecule has 58 valence electrons. The summed E-state index contributed by atoms with van der Waals surface area (Å²) >= 11 is 0. The van der Waals surface area contributed by atoms with Gasteiger partial charge < -0.3 is 14.9 Å². The second-order valence-electron chi connectivity index (χ2n) is 2.36. The first-order chi connectivity index (χ1) is 4.70. The van der Waals surface area contributed by atoms with E-state index in [1.54, 1.807) is 7.05 Å². The zero-order valence-corrected chi connectivity index (χ0v) is 6.39. The Morgan fingerprint density at radius 2 is 2.30 bits per heavy atom. The maximum atomic E-state index is 10.5. The molecule has 1 N–H and O–H groups in total. The number of hydrogen-bond acceptors (Lipinski definition) is 3. The van der Waals surface area contributed by atoms with Crippen molar-refractivity contribution in [2.75, 3.05) is 13.6 Å². The Hall–Kier alpha value is -0.700. The third-order valence-corrected chi connectivity index (χ3v) is 1.21. The Labute approximate surface area is 60.8 Å². The summed E-state index contributed by atoms with van der Waals surface area (Å²) in [6.07, 6.45) is 1.17. The first kappa shape index (κ1) is 9.30. The number of ketones is 1. The summed E-state index contributed by atoms with van der Waals surface area (Å²) in [5.41, 5.74) is 0. The summed E-state index contributed by atoms with van der Waals surface area (Å²) in [4.78, 5) is 20.7. The molecule has 10 heavy (non-hydrogen) atoms. The van der Waals surface area contributed by atoms with Gasteiger partial charge in [-0.2, -0.15) is 0 Å². The minimum atomic E-state index is -0.150. The van der Waals surface area contributed by atoms with Gasteiger partial charge in [0.2, 0.25) is 0 Å². The highest BCUT2D eigenvalue weighted by Crippen LogP contribution is 1.97. The number of carbonyl (C=O) groups excluding carboxylic acids is 2. The summed E-state index contributed by atoms with van der Waals surface area (Å²) < 4.78 is 0. The van der Waals surface area contributed by atoms with Gasteiger partial charge in [-0.15, -0.1) is 0 Å². The molecule has 0 saturated heterocycles. The van der Waals surface area contributed by atoms with E-state index in [1.165, 1.54) is 6.92 Å². The molecule has 0 fully saturated rings. The van der Waals surface area contributed by atoms with E-state index in [1.807, 2.05) is 0 Å². The molecule has 0 aromatic rings. The molecular formula is C7H13NO2. The van der Waals surface area contributed by atoms with Gasteiger partial charge >= 0.3 is 0 Å². The SMILES string of the molecule is CNC[C@@H](C=O)CC(C)=O. The van der Waals surface area contributed by atoms with Gasteiger partial charge in [-0.05, 0) is 14.0 Å². The minimum absolute atomic E-state index is 0.0624. The van der Waals surface area contributed by atoms with E-state index in [-0.39, 0.29) is 11.7 Å². The van der Waals surface area contributed by atoms with Crippen LogP contribution in [0.1, 0.15) is 13.3 Å². The molecule has 0 aliphatic carbocycles.